The third-order valence-corrected chi connectivity index (χ3v) is 3.13. The van der Waals surface area contributed by atoms with Gasteiger partial charge in [-0.1, -0.05) is 20.8 Å². The van der Waals surface area contributed by atoms with Gasteiger partial charge in [0, 0.05) is 11.7 Å². The molecule has 100 valence electrons. The van der Waals surface area contributed by atoms with E-state index in [4.69, 9.17) is 0 Å². The second-order valence-corrected chi connectivity index (χ2v) is 4.98. The molecule has 1 heterocycles. The minimum absolute atomic E-state index is 0.268. The Bertz CT molecular complexity index is 442. The number of rotatable bonds is 5. The molecule has 2 N–H and O–H groups in total. The summed E-state index contributed by atoms with van der Waals surface area (Å²) in [6.45, 7) is 9.96. The van der Waals surface area contributed by atoms with Crippen LogP contribution in [-0.4, -0.2) is 22.1 Å². The van der Waals surface area contributed by atoms with Gasteiger partial charge in [-0.25, -0.2) is 4.79 Å². The van der Waals surface area contributed by atoms with Crippen LogP contribution in [0.3, 0.4) is 0 Å². The molecule has 0 bridgehead atoms. The number of aromatic nitrogens is 1. The summed E-state index contributed by atoms with van der Waals surface area (Å²) in [4.78, 5) is 15.5. The Labute approximate surface area is 108 Å². The highest BCUT2D eigenvalue weighted by atomic mass is 16.4. The lowest BCUT2D eigenvalue weighted by Gasteiger charge is -2.23. The minimum Gasteiger partial charge on any atom is -0.478 e. The first-order valence-electron chi connectivity index (χ1n) is 6.34. The Morgan fingerprint density at radius 2 is 2.06 bits per heavy atom. The molecule has 1 atom stereocenters. The van der Waals surface area contributed by atoms with Crippen molar-refractivity contribution >= 4 is 11.7 Å². The Kier molecular flexibility index (Phi) is 4.70. The lowest BCUT2D eigenvalue weighted by atomic mass is 10.0. The van der Waals surface area contributed by atoms with Crippen molar-refractivity contribution in [1.29, 1.82) is 0 Å². The highest BCUT2D eigenvalue weighted by Crippen LogP contribution is 2.23. The number of nitrogens with zero attached hydrogens (tertiary/aromatic N) is 1. The maximum absolute atomic E-state index is 11.3. The summed E-state index contributed by atoms with van der Waals surface area (Å²) in [5, 5.41) is 12.6. The summed E-state index contributed by atoms with van der Waals surface area (Å²) in [6, 6.07) is 2.07. The van der Waals surface area contributed by atoms with Crippen molar-refractivity contribution in [2.24, 2.45) is 5.92 Å². The lowest BCUT2D eigenvalue weighted by Crippen LogP contribution is -2.26. The first kappa shape index (κ1) is 14.5. The fourth-order valence-electron chi connectivity index (χ4n) is 2.15. The van der Waals surface area contributed by atoms with Gasteiger partial charge in [0.2, 0.25) is 0 Å². The number of aromatic carboxylic acids is 1. The average Bonchev–Trinajstić information content (AvgIpc) is 2.23. The monoisotopic (exact) mass is 250 g/mol. The van der Waals surface area contributed by atoms with Crippen LogP contribution >= 0.6 is 0 Å². The van der Waals surface area contributed by atoms with Crippen molar-refractivity contribution in [3.05, 3.63) is 23.0 Å². The third kappa shape index (κ3) is 3.22. The molecule has 1 rings (SSSR count). The molecule has 0 aliphatic rings. The van der Waals surface area contributed by atoms with Gasteiger partial charge in [0.1, 0.15) is 5.56 Å². The van der Waals surface area contributed by atoms with Gasteiger partial charge in [0.15, 0.2) is 0 Å². The molecular formula is C14H22N2O2. The molecule has 1 aromatic heterocycles. The zero-order valence-electron chi connectivity index (χ0n) is 11.7. The SMILES string of the molecule is CCC(Nc1cc(C)nc(C)c1C(=O)O)C(C)C. The highest BCUT2D eigenvalue weighted by Gasteiger charge is 2.18. The van der Waals surface area contributed by atoms with Crippen molar-refractivity contribution in [2.75, 3.05) is 5.32 Å². The number of aryl methyl sites for hydroxylation is 2. The average molecular weight is 250 g/mol. The summed E-state index contributed by atoms with van der Waals surface area (Å²) in [5.74, 6) is -0.480. The smallest absolute Gasteiger partial charge is 0.339 e. The number of hydrogen-bond donors (Lipinski definition) is 2. The molecule has 0 aliphatic heterocycles. The molecule has 0 aliphatic carbocycles. The zero-order valence-corrected chi connectivity index (χ0v) is 11.7. The highest BCUT2D eigenvalue weighted by molar-refractivity contribution is 5.95. The van der Waals surface area contributed by atoms with Gasteiger partial charge in [0.05, 0.1) is 11.4 Å². The third-order valence-electron chi connectivity index (χ3n) is 3.13. The van der Waals surface area contributed by atoms with Gasteiger partial charge in [-0.2, -0.15) is 0 Å². The predicted molar refractivity (Wildman–Crippen MR) is 73.2 cm³/mol. The van der Waals surface area contributed by atoms with Crippen LogP contribution in [0.15, 0.2) is 6.07 Å². The summed E-state index contributed by atoms with van der Waals surface area (Å²) in [6.07, 6.45) is 0.955. The maximum Gasteiger partial charge on any atom is 0.339 e. The van der Waals surface area contributed by atoms with Crippen molar-refractivity contribution in [3.8, 4) is 0 Å². The molecule has 0 amide bonds. The van der Waals surface area contributed by atoms with Crippen LogP contribution in [0, 0.1) is 19.8 Å². The van der Waals surface area contributed by atoms with E-state index in [9.17, 15) is 9.90 Å². The second kappa shape index (κ2) is 5.85. The van der Waals surface area contributed by atoms with Crippen molar-refractivity contribution in [3.63, 3.8) is 0 Å². The second-order valence-electron chi connectivity index (χ2n) is 4.98. The van der Waals surface area contributed by atoms with Crippen LogP contribution in [0.4, 0.5) is 5.69 Å². The zero-order chi connectivity index (χ0) is 13.9. The summed E-state index contributed by atoms with van der Waals surface area (Å²) >= 11 is 0. The van der Waals surface area contributed by atoms with Gasteiger partial charge in [-0.3, -0.25) is 4.98 Å². The van der Waals surface area contributed by atoms with E-state index >= 15 is 0 Å². The molecule has 0 radical (unpaired) electrons. The van der Waals surface area contributed by atoms with Crippen LogP contribution in [0.5, 0.6) is 0 Å². The number of anilines is 1. The van der Waals surface area contributed by atoms with Gasteiger partial charge in [-0.15, -0.1) is 0 Å². The summed E-state index contributed by atoms with van der Waals surface area (Å²) in [5.41, 5.74) is 2.34. The van der Waals surface area contributed by atoms with E-state index in [1.54, 1.807) is 6.92 Å². The van der Waals surface area contributed by atoms with Gasteiger partial charge in [0.25, 0.3) is 0 Å². The first-order chi connectivity index (χ1) is 8.36. The fourth-order valence-corrected chi connectivity index (χ4v) is 2.15. The Morgan fingerprint density at radius 1 is 1.44 bits per heavy atom. The Hall–Kier alpha value is -1.58. The lowest BCUT2D eigenvalue weighted by molar-refractivity contribution is 0.0696. The molecule has 18 heavy (non-hydrogen) atoms. The Morgan fingerprint density at radius 3 is 2.50 bits per heavy atom. The molecule has 0 saturated carbocycles. The quantitative estimate of drug-likeness (QED) is 0.842. The number of nitrogens with one attached hydrogen (secondary N) is 1. The van der Waals surface area contributed by atoms with E-state index in [2.05, 4.69) is 31.1 Å². The normalized spacial score (nSPS) is 12.6. The molecular weight excluding hydrogens is 228 g/mol. The number of carboxylic acids is 1. The van der Waals surface area contributed by atoms with E-state index in [0.717, 1.165) is 12.1 Å². The summed E-state index contributed by atoms with van der Waals surface area (Å²) in [7, 11) is 0. The molecule has 0 spiro atoms. The standard InChI is InChI=1S/C14H22N2O2/c1-6-11(8(2)3)16-12-7-9(4)15-10(5)13(12)14(17)18/h7-8,11H,6H2,1-5H3,(H,15,16)(H,17,18). The predicted octanol–water partition coefficient (Wildman–Crippen LogP) is 3.24. The van der Waals surface area contributed by atoms with Gasteiger partial charge in [-0.05, 0) is 32.3 Å². The van der Waals surface area contributed by atoms with Crippen LogP contribution in [0.2, 0.25) is 0 Å². The van der Waals surface area contributed by atoms with E-state index in [0.29, 0.717) is 17.3 Å². The van der Waals surface area contributed by atoms with Crippen LogP contribution in [0.1, 0.15) is 48.9 Å². The molecule has 1 aromatic rings. The molecule has 4 nitrogen and oxygen atoms in total. The van der Waals surface area contributed by atoms with Crippen molar-refractivity contribution in [2.45, 2.75) is 47.1 Å². The molecule has 0 saturated heterocycles. The summed E-state index contributed by atoms with van der Waals surface area (Å²) < 4.78 is 0. The number of carboxylic acid groups (broad SMARTS) is 1. The Balaban J connectivity index is 3.18. The topological polar surface area (TPSA) is 62.2 Å². The van der Waals surface area contributed by atoms with Crippen LogP contribution in [-0.2, 0) is 0 Å². The molecule has 4 heteroatoms. The molecule has 0 aromatic carbocycles. The van der Waals surface area contributed by atoms with Crippen LogP contribution in [0.25, 0.3) is 0 Å². The number of pyridine rings is 1. The first-order valence-corrected chi connectivity index (χ1v) is 6.34. The van der Waals surface area contributed by atoms with E-state index in [-0.39, 0.29) is 11.6 Å². The largest absolute Gasteiger partial charge is 0.478 e. The van der Waals surface area contributed by atoms with Crippen molar-refractivity contribution in [1.82, 2.24) is 4.98 Å². The van der Waals surface area contributed by atoms with E-state index < -0.39 is 5.97 Å². The van der Waals surface area contributed by atoms with Gasteiger partial charge < -0.3 is 10.4 Å². The number of hydrogen-bond acceptors (Lipinski definition) is 3. The minimum atomic E-state index is -0.930. The fraction of sp³-hybridized carbons (Fsp3) is 0.571. The molecule has 1 unspecified atom stereocenters. The maximum atomic E-state index is 11.3. The van der Waals surface area contributed by atoms with E-state index in [1.807, 2.05) is 13.0 Å². The molecule has 0 fully saturated rings. The number of carbonyl (C=O) groups is 1. The van der Waals surface area contributed by atoms with Crippen molar-refractivity contribution < 1.29 is 9.90 Å². The van der Waals surface area contributed by atoms with Crippen LogP contribution < -0.4 is 5.32 Å². The van der Waals surface area contributed by atoms with E-state index in [1.165, 1.54) is 0 Å². The van der Waals surface area contributed by atoms with Gasteiger partial charge >= 0.3 is 5.97 Å².